The van der Waals surface area contributed by atoms with Gasteiger partial charge >= 0.3 is 0 Å². The van der Waals surface area contributed by atoms with Crippen LogP contribution in [-0.4, -0.2) is 33.0 Å². The smallest absolute Gasteiger partial charge is 0.267 e. The third kappa shape index (κ3) is 2.48. The van der Waals surface area contributed by atoms with Crippen molar-refractivity contribution >= 4 is 16.9 Å². The lowest BCUT2D eigenvalue weighted by atomic mass is 9.96. The second-order valence-corrected chi connectivity index (χ2v) is 6.09. The van der Waals surface area contributed by atoms with Crippen LogP contribution in [0.4, 0.5) is 0 Å². The number of β-lactam (4-membered cyclic amide) rings is 1. The summed E-state index contributed by atoms with van der Waals surface area (Å²) in [6.07, 6.45) is 1.16. The van der Waals surface area contributed by atoms with Crippen LogP contribution in [-0.2, 0) is 11.8 Å². The lowest BCUT2D eigenvalue weighted by Gasteiger charge is -2.45. The van der Waals surface area contributed by atoms with E-state index in [9.17, 15) is 4.79 Å². The van der Waals surface area contributed by atoms with Crippen LogP contribution < -0.4 is 4.74 Å². The van der Waals surface area contributed by atoms with Crippen molar-refractivity contribution in [3.63, 3.8) is 0 Å². The summed E-state index contributed by atoms with van der Waals surface area (Å²) >= 11 is 0. The maximum atomic E-state index is 12.6. The van der Waals surface area contributed by atoms with Gasteiger partial charge < -0.3 is 14.2 Å². The zero-order chi connectivity index (χ0) is 17.4. The van der Waals surface area contributed by atoms with Gasteiger partial charge in [0.1, 0.15) is 17.6 Å². The molecule has 2 heterocycles. The number of carbonyl (C=O) groups excluding carboxylic acids is 1. The standard InChI is InChI=1S/C20H19N3O2/c1-3-13-23-17(18(20(23)24)25-14-9-5-4-6-10-14)19-21-15-11-7-8-12-16(15)22(19)2/h3-12,17-18H,1,13H2,2H3/t17-,18-/m0/s1. The molecule has 0 N–H and O–H groups in total. The summed E-state index contributed by atoms with van der Waals surface area (Å²) in [4.78, 5) is 19.1. The Hall–Kier alpha value is -3.08. The monoisotopic (exact) mass is 333 g/mol. The summed E-state index contributed by atoms with van der Waals surface area (Å²) < 4.78 is 8.01. The maximum Gasteiger partial charge on any atom is 0.267 e. The van der Waals surface area contributed by atoms with Crippen LogP contribution in [0, 0.1) is 0 Å². The van der Waals surface area contributed by atoms with Crippen molar-refractivity contribution in [2.45, 2.75) is 12.1 Å². The number of aryl methyl sites for hydroxylation is 1. The number of ether oxygens (including phenoxy) is 1. The van der Waals surface area contributed by atoms with E-state index in [1.165, 1.54) is 0 Å². The molecule has 0 bridgehead atoms. The molecule has 0 aliphatic carbocycles. The van der Waals surface area contributed by atoms with Crippen LogP contribution in [0.15, 0.2) is 67.3 Å². The molecule has 2 atom stereocenters. The summed E-state index contributed by atoms with van der Waals surface area (Å²) in [5, 5.41) is 0. The highest BCUT2D eigenvalue weighted by Crippen LogP contribution is 2.37. The molecule has 5 heteroatoms. The second kappa shape index (κ2) is 6.09. The molecule has 1 amide bonds. The predicted octanol–water partition coefficient (Wildman–Crippen LogP) is 3.09. The topological polar surface area (TPSA) is 47.4 Å². The van der Waals surface area contributed by atoms with Gasteiger partial charge in [0.25, 0.3) is 5.91 Å². The first-order valence-corrected chi connectivity index (χ1v) is 8.25. The number of benzene rings is 2. The molecular formula is C20H19N3O2. The fourth-order valence-corrected chi connectivity index (χ4v) is 3.32. The van der Waals surface area contributed by atoms with Gasteiger partial charge in [0.05, 0.1) is 11.0 Å². The summed E-state index contributed by atoms with van der Waals surface area (Å²) in [6, 6.07) is 17.1. The summed E-state index contributed by atoms with van der Waals surface area (Å²) in [6.45, 7) is 4.23. The van der Waals surface area contributed by atoms with Crippen molar-refractivity contribution in [3.05, 3.63) is 73.1 Å². The fraction of sp³-hybridized carbons (Fsp3) is 0.200. The number of nitrogens with zero attached hydrogens (tertiary/aromatic N) is 3. The molecule has 1 saturated heterocycles. The number of rotatable bonds is 5. The number of likely N-dealkylation sites (tertiary alicyclic amines) is 1. The van der Waals surface area contributed by atoms with Crippen LogP contribution in [0.5, 0.6) is 5.75 Å². The highest BCUT2D eigenvalue weighted by Gasteiger charge is 2.51. The molecule has 126 valence electrons. The molecule has 1 aliphatic rings. The minimum absolute atomic E-state index is 0.0409. The average Bonchev–Trinajstić information content (AvgIpc) is 2.97. The van der Waals surface area contributed by atoms with Gasteiger partial charge in [-0.1, -0.05) is 36.4 Å². The van der Waals surface area contributed by atoms with E-state index >= 15 is 0 Å². The quantitative estimate of drug-likeness (QED) is 0.532. The van der Waals surface area contributed by atoms with Gasteiger partial charge in [0.2, 0.25) is 6.10 Å². The second-order valence-electron chi connectivity index (χ2n) is 6.09. The Morgan fingerprint density at radius 3 is 2.60 bits per heavy atom. The minimum atomic E-state index is -0.571. The molecule has 4 rings (SSSR count). The van der Waals surface area contributed by atoms with E-state index < -0.39 is 6.10 Å². The third-order valence-electron chi connectivity index (χ3n) is 4.57. The molecule has 0 radical (unpaired) electrons. The molecule has 5 nitrogen and oxygen atoms in total. The third-order valence-corrected chi connectivity index (χ3v) is 4.57. The van der Waals surface area contributed by atoms with E-state index in [0.717, 1.165) is 16.9 Å². The first-order chi connectivity index (χ1) is 12.2. The number of hydrogen-bond donors (Lipinski definition) is 0. The van der Waals surface area contributed by atoms with Crippen molar-refractivity contribution in [1.29, 1.82) is 0 Å². The number of amides is 1. The van der Waals surface area contributed by atoms with Gasteiger partial charge in [0.15, 0.2) is 0 Å². The van der Waals surface area contributed by atoms with Crippen LogP contribution >= 0.6 is 0 Å². The largest absolute Gasteiger partial charge is 0.478 e. The zero-order valence-electron chi connectivity index (χ0n) is 14.0. The van der Waals surface area contributed by atoms with Crippen molar-refractivity contribution in [2.24, 2.45) is 7.05 Å². The van der Waals surface area contributed by atoms with Crippen LogP contribution in [0.3, 0.4) is 0 Å². The molecule has 0 spiro atoms. The van der Waals surface area contributed by atoms with Gasteiger partial charge in [0, 0.05) is 13.6 Å². The zero-order valence-corrected chi connectivity index (χ0v) is 14.0. The molecule has 0 unspecified atom stereocenters. The molecule has 3 aromatic rings. The number of imidazole rings is 1. The SMILES string of the molecule is C=CCN1C(=O)[C@@H](Oc2ccccc2)[C@H]1c1nc2ccccc2n1C. The van der Waals surface area contributed by atoms with Gasteiger partial charge in [-0.3, -0.25) is 4.79 Å². The van der Waals surface area contributed by atoms with Gasteiger partial charge in [-0.2, -0.15) is 0 Å². The Labute approximate surface area is 146 Å². The number of para-hydroxylation sites is 3. The van der Waals surface area contributed by atoms with E-state index in [0.29, 0.717) is 12.3 Å². The maximum absolute atomic E-state index is 12.6. The van der Waals surface area contributed by atoms with Crippen LogP contribution in [0.2, 0.25) is 0 Å². The fourth-order valence-electron chi connectivity index (χ4n) is 3.32. The van der Waals surface area contributed by atoms with Gasteiger partial charge in [-0.05, 0) is 24.3 Å². The van der Waals surface area contributed by atoms with Crippen molar-refractivity contribution < 1.29 is 9.53 Å². The lowest BCUT2D eigenvalue weighted by molar-refractivity contribution is -0.163. The highest BCUT2D eigenvalue weighted by atomic mass is 16.5. The molecule has 2 aromatic carbocycles. The molecule has 25 heavy (non-hydrogen) atoms. The first kappa shape index (κ1) is 15.4. The van der Waals surface area contributed by atoms with E-state index in [1.54, 1.807) is 11.0 Å². The summed E-state index contributed by atoms with van der Waals surface area (Å²) in [5.74, 6) is 1.47. The molecule has 1 fully saturated rings. The Balaban J connectivity index is 1.72. The Morgan fingerprint density at radius 2 is 1.88 bits per heavy atom. The van der Waals surface area contributed by atoms with Crippen LogP contribution in [0.1, 0.15) is 11.9 Å². The van der Waals surface area contributed by atoms with E-state index in [-0.39, 0.29) is 11.9 Å². The van der Waals surface area contributed by atoms with E-state index in [4.69, 9.17) is 9.72 Å². The average molecular weight is 333 g/mol. The predicted molar refractivity (Wildman–Crippen MR) is 96.2 cm³/mol. The number of hydrogen-bond acceptors (Lipinski definition) is 3. The molecule has 1 aromatic heterocycles. The van der Waals surface area contributed by atoms with E-state index in [2.05, 4.69) is 6.58 Å². The van der Waals surface area contributed by atoms with Gasteiger partial charge in [-0.25, -0.2) is 4.98 Å². The lowest BCUT2D eigenvalue weighted by Crippen LogP contribution is -2.61. The molecule has 0 saturated carbocycles. The number of fused-ring (bicyclic) bond motifs is 1. The summed E-state index contributed by atoms with van der Waals surface area (Å²) in [5.41, 5.74) is 1.95. The number of carbonyl (C=O) groups is 1. The summed E-state index contributed by atoms with van der Waals surface area (Å²) in [7, 11) is 1.97. The van der Waals surface area contributed by atoms with Gasteiger partial charge in [-0.15, -0.1) is 6.58 Å². The minimum Gasteiger partial charge on any atom is -0.478 e. The Morgan fingerprint density at radius 1 is 1.16 bits per heavy atom. The van der Waals surface area contributed by atoms with Crippen molar-refractivity contribution in [2.75, 3.05) is 6.54 Å². The Bertz CT molecular complexity index is 933. The van der Waals surface area contributed by atoms with Crippen molar-refractivity contribution in [3.8, 4) is 5.75 Å². The number of aromatic nitrogens is 2. The highest BCUT2D eigenvalue weighted by molar-refractivity contribution is 5.89. The van der Waals surface area contributed by atoms with Crippen LogP contribution in [0.25, 0.3) is 11.0 Å². The molecule has 1 aliphatic heterocycles. The normalized spacial score (nSPS) is 19.7. The Kier molecular flexibility index (Phi) is 3.76. The first-order valence-electron chi connectivity index (χ1n) is 8.25. The molecular weight excluding hydrogens is 314 g/mol. The van der Waals surface area contributed by atoms with E-state index in [1.807, 2.05) is 66.2 Å². The van der Waals surface area contributed by atoms with Crippen molar-refractivity contribution in [1.82, 2.24) is 14.5 Å².